The Labute approximate surface area is 143 Å². The highest BCUT2D eigenvalue weighted by atomic mass is 16.5. The number of aromatic nitrogens is 2. The molecule has 0 aliphatic carbocycles. The monoisotopic (exact) mass is 330 g/mol. The van der Waals surface area contributed by atoms with Crippen LogP contribution in [0.4, 0.5) is 0 Å². The molecule has 2 heterocycles. The Balaban J connectivity index is 1.84. The first-order valence-corrected chi connectivity index (χ1v) is 8.75. The lowest BCUT2D eigenvalue weighted by molar-refractivity contribution is -0.00164. The molecule has 24 heavy (non-hydrogen) atoms. The smallest absolute Gasteiger partial charge is 0.150 e. The number of nitrogens with zero attached hydrogens (tertiary/aromatic N) is 2. The lowest BCUT2D eigenvalue weighted by Crippen LogP contribution is -2.12. The van der Waals surface area contributed by atoms with E-state index in [-0.39, 0.29) is 18.9 Å². The largest absolute Gasteiger partial charge is 0.491 e. The molecule has 5 heteroatoms. The summed E-state index contributed by atoms with van der Waals surface area (Å²) >= 11 is 0. The fourth-order valence-electron chi connectivity index (χ4n) is 3.01. The van der Waals surface area contributed by atoms with E-state index in [2.05, 4.69) is 0 Å². The van der Waals surface area contributed by atoms with Crippen LogP contribution >= 0.6 is 0 Å². The molecule has 130 valence electrons. The summed E-state index contributed by atoms with van der Waals surface area (Å²) in [4.78, 5) is 0. The summed E-state index contributed by atoms with van der Waals surface area (Å²) in [6, 6.07) is 7.85. The van der Waals surface area contributed by atoms with Crippen LogP contribution in [0.25, 0.3) is 11.3 Å². The second kappa shape index (κ2) is 7.81. The van der Waals surface area contributed by atoms with Gasteiger partial charge in [-0.2, -0.15) is 5.10 Å². The van der Waals surface area contributed by atoms with Crippen molar-refractivity contribution in [3.8, 4) is 17.0 Å². The molecule has 3 rings (SSSR count). The molecular formula is C19H26N2O3. The minimum absolute atomic E-state index is 0.0323. The van der Waals surface area contributed by atoms with Crippen molar-refractivity contribution in [3.05, 3.63) is 36.0 Å². The minimum Gasteiger partial charge on any atom is -0.491 e. The molecule has 5 nitrogen and oxygen atoms in total. The molecule has 1 aliphatic rings. The van der Waals surface area contributed by atoms with E-state index >= 15 is 0 Å². The Hall–Kier alpha value is -1.85. The van der Waals surface area contributed by atoms with Crippen LogP contribution in [0.1, 0.15) is 51.3 Å². The average Bonchev–Trinajstić information content (AvgIpc) is 2.81. The topological polar surface area (TPSA) is 56.5 Å². The van der Waals surface area contributed by atoms with Crippen LogP contribution in [0.2, 0.25) is 0 Å². The van der Waals surface area contributed by atoms with Gasteiger partial charge in [-0.15, -0.1) is 0 Å². The molecule has 0 spiro atoms. The van der Waals surface area contributed by atoms with E-state index in [1.54, 1.807) is 0 Å². The molecule has 0 saturated carbocycles. The first-order valence-electron chi connectivity index (χ1n) is 8.75. The Morgan fingerprint density at radius 2 is 2.04 bits per heavy atom. The molecule has 1 N–H and O–H groups in total. The standard InChI is InChI=1S/C19H26N2O3/c1-14(2)24-17-9-7-15(8-10-17)19-16(13-22)12-21(20-19)18-6-4-3-5-11-23-18/h7-10,12,14,18,22H,3-6,11,13H2,1-2H3. The van der Waals surface area contributed by atoms with E-state index in [9.17, 15) is 5.11 Å². The summed E-state index contributed by atoms with van der Waals surface area (Å²) in [5.74, 6) is 0.839. The van der Waals surface area contributed by atoms with E-state index in [1.165, 1.54) is 6.42 Å². The van der Waals surface area contributed by atoms with Gasteiger partial charge in [0.05, 0.1) is 18.4 Å². The van der Waals surface area contributed by atoms with Gasteiger partial charge in [0.25, 0.3) is 0 Å². The third-order valence-corrected chi connectivity index (χ3v) is 4.18. The van der Waals surface area contributed by atoms with Gasteiger partial charge in [0.2, 0.25) is 0 Å². The second-order valence-electron chi connectivity index (χ2n) is 6.51. The fourth-order valence-corrected chi connectivity index (χ4v) is 3.01. The van der Waals surface area contributed by atoms with Gasteiger partial charge in [0.1, 0.15) is 12.0 Å². The number of rotatable bonds is 5. The molecule has 0 amide bonds. The molecule has 1 aliphatic heterocycles. The van der Waals surface area contributed by atoms with Gasteiger partial charge in [-0.25, -0.2) is 4.68 Å². The maximum absolute atomic E-state index is 9.70. The van der Waals surface area contributed by atoms with Crippen LogP contribution in [-0.4, -0.2) is 27.6 Å². The van der Waals surface area contributed by atoms with Crippen molar-refractivity contribution >= 4 is 0 Å². The van der Waals surface area contributed by atoms with Gasteiger partial charge < -0.3 is 14.6 Å². The third-order valence-electron chi connectivity index (χ3n) is 4.18. The minimum atomic E-state index is -0.0354. The van der Waals surface area contributed by atoms with Gasteiger partial charge in [-0.1, -0.05) is 6.42 Å². The van der Waals surface area contributed by atoms with Crippen molar-refractivity contribution in [1.29, 1.82) is 0 Å². The lowest BCUT2D eigenvalue weighted by Gasteiger charge is -2.15. The van der Waals surface area contributed by atoms with Gasteiger partial charge in [0, 0.05) is 23.9 Å². The van der Waals surface area contributed by atoms with Crippen LogP contribution in [0.3, 0.4) is 0 Å². The molecule has 2 aromatic rings. The van der Waals surface area contributed by atoms with Crippen molar-refractivity contribution in [3.63, 3.8) is 0 Å². The number of aliphatic hydroxyl groups is 1. The molecular weight excluding hydrogens is 304 g/mol. The fraction of sp³-hybridized carbons (Fsp3) is 0.526. The van der Waals surface area contributed by atoms with Crippen LogP contribution in [0, 0.1) is 0 Å². The quantitative estimate of drug-likeness (QED) is 0.903. The molecule has 1 unspecified atom stereocenters. The van der Waals surface area contributed by atoms with Gasteiger partial charge >= 0.3 is 0 Å². The first-order chi connectivity index (χ1) is 11.7. The Morgan fingerprint density at radius 1 is 1.25 bits per heavy atom. The van der Waals surface area contributed by atoms with Gasteiger partial charge in [-0.05, 0) is 57.4 Å². The number of ether oxygens (including phenoxy) is 2. The summed E-state index contributed by atoms with van der Waals surface area (Å²) in [6.07, 6.45) is 6.45. The number of hydrogen-bond donors (Lipinski definition) is 1. The normalized spacial score (nSPS) is 18.6. The Morgan fingerprint density at radius 3 is 2.75 bits per heavy atom. The van der Waals surface area contributed by atoms with E-state index in [4.69, 9.17) is 14.6 Å². The molecule has 0 radical (unpaired) electrons. The highest BCUT2D eigenvalue weighted by molar-refractivity contribution is 5.63. The van der Waals surface area contributed by atoms with E-state index in [0.29, 0.717) is 0 Å². The van der Waals surface area contributed by atoms with E-state index in [1.807, 2.05) is 49.0 Å². The second-order valence-corrected chi connectivity index (χ2v) is 6.51. The summed E-state index contributed by atoms with van der Waals surface area (Å²) in [5, 5.41) is 14.4. The summed E-state index contributed by atoms with van der Waals surface area (Å²) in [5.41, 5.74) is 2.60. The maximum atomic E-state index is 9.70. The summed E-state index contributed by atoms with van der Waals surface area (Å²) in [6.45, 7) is 4.75. The van der Waals surface area contributed by atoms with Crippen molar-refractivity contribution in [2.45, 2.75) is 58.5 Å². The van der Waals surface area contributed by atoms with E-state index in [0.717, 1.165) is 48.4 Å². The van der Waals surface area contributed by atoms with Crippen LogP contribution in [-0.2, 0) is 11.3 Å². The van der Waals surface area contributed by atoms with E-state index < -0.39 is 0 Å². The van der Waals surface area contributed by atoms with Crippen LogP contribution < -0.4 is 4.74 Å². The molecule has 1 aromatic heterocycles. The highest BCUT2D eigenvalue weighted by Gasteiger charge is 2.19. The molecule has 1 saturated heterocycles. The zero-order valence-corrected chi connectivity index (χ0v) is 14.4. The van der Waals surface area contributed by atoms with Crippen molar-refractivity contribution in [2.75, 3.05) is 6.61 Å². The van der Waals surface area contributed by atoms with Crippen LogP contribution in [0.15, 0.2) is 30.5 Å². The highest BCUT2D eigenvalue weighted by Crippen LogP contribution is 2.28. The zero-order valence-electron chi connectivity index (χ0n) is 14.4. The van der Waals surface area contributed by atoms with Crippen molar-refractivity contribution in [1.82, 2.24) is 9.78 Å². The summed E-state index contributed by atoms with van der Waals surface area (Å²) in [7, 11) is 0. The number of benzene rings is 1. The lowest BCUT2D eigenvalue weighted by atomic mass is 10.1. The molecule has 1 aromatic carbocycles. The van der Waals surface area contributed by atoms with Crippen molar-refractivity contribution in [2.24, 2.45) is 0 Å². The van der Waals surface area contributed by atoms with Crippen molar-refractivity contribution < 1.29 is 14.6 Å². The molecule has 0 bridgehead atoms. The number of hydrogen-bond acceptors (Lipinski definition) is 4. The molecule has 1 atom stereocenters. The molecule has 1 fully saturated rings. The number of aliphatic hydroxyl groups excluding tert-OH is 1. The third kappa shape index (κ3) is 3.97. The maximum Gasteiger partial charge on any atom is 0.150 e. The average molecular weight is 330 g/mol. The summed E-state index contributed by atoms with van der Waals surface area (Å²) < 4.78 is 13.4. The van der Waals surface area contributed by atoms with Gasteiger partial charge in [-0.3, -0.25) is 0 Å². The predicted octanol–water partition coefficient (Wildman–Crippen LogP) is 3.92. The Bertz CT molecular complexity index is 641. The van der Waals surface area contributed by atoms with Crippen LogP contribution in [0.5, 0.6) is 5.75 Å². The first kappa shape index (κ1) is 17.0. The SMILES string of the molecule is CC(C)Oc1ccc(-c2nn(C3CCCCCO3)cc2CO)cc1. The predicted molar refractivity (Wildman–Crippen MR) is 92.8 cm³/mol. The Kier molecular flexibility index (Phi) is 5.53. The zero-order chi connectivity index (χ0) is 16.9. The van der Waals surface area contributed by atoms with Gasteiger partial charge in [0.15, 0.2) is 0 Å².